The van der Waals surface area contributed by atoms with Gasteiger partial charge in [0.1, 0.15) is 5.52 Å². The molecule has 2 amide bonds. The first-order valence-corrected chi connectivity index (χ1v) is 17.4. The number of fused-ring (bicyclic) bond motifs is 2. The maximum absolute atomic E-state index is 12.8. The molecule has 0 aliphatic heterocycles. The number of pyridine rings is 2. The molecule has 4 aromatic heterocycles. The predicted octanol–water partition coefficient (Wildman–Crippen LogP) is 6.78. The molecule has 4 atom stereocenters. The van der Waals surface area contributed by atoms with E-state index in [9.17, 15) is 9.59 Å². The van der Waals surface area contributed by atoms with Gasteiger partial charge in [0, 0.05) is 37.3 Å². The Morgan fingerprint density at radius 1 is 0.680 bits per heavy atom. The largest absolute Gasteiger partial charge is 0.348 e. The van der Waals surface area contributed by atoms with Crippen LogP contribution in [0.3, 0.4) is 0 Å². The molecule has 0 aliphatic carbocycles. The van der Waals surface area contributed by atoms with E-state index in [0.29, 0.717) is 24.7 Å². The summed E-state index contributed by atoms with van der Waals surface area (Å²) in [4.78, 5) is 34.7. The van der Waals surface area contributed by atoms with Crippen LogP contribution in [0.1, 0.15) is 98.1 Å². The monoisotopic (exact) mass is 670 g/mol. The second kappa shape index (κ2) is 15.0. The second-order valence-corrected chi connectivity index (χ2v) is 13.7. The Morgan fingerprint density at radius 3 is 1.76 bits per heavy atom. The van der Waals surface area contributed by atoms with E-state index in [1.165, 1.54) is 11.1 Å². The van der Waals surface area contributed by atoms with Gasteiger partial charge in [0.25, 0.3) is 0 Å². The standard InChI is InChI=1S/C40H46N8O2/c1-25(31-13-9-29(10-14-31)17-39(49)44-27(3)35-19-33-24-47(5)46-37(33)23-42-35)7-8-26(2)32-15-11-30(12-16-32)18-40(50)45-28(4)36-20-38-34(21-41-36)22-43-48(38)6/h9-16,19-28H,7-8,17-18H2,1-6H3,(H,44,49)(H,45,50)/t25?,26?,27-,28-/m1/s1. The van der Waals surface area contributed by atoms with Crippen molar-refractivity contribution < 1.29 is 9.59 Å². The van der Waals surface area contributed by atoms with E-state index in [4.69, 9.17) is 0 Å². The summed E-state index contributed by atoms with van der Waals surface area (Å²) >= 11 is 0. The van der Waals surface area contributed by atoms with Crippen LogP contribution in [0.25, 0.3) is 21.8 Å². The van der Waals surface area contributed by atoms with Crippen molar-refractivity contribution in [2.24, 2.45) is 14.1 Å². The number of nitrogens with zero attached hydrogens (tertiary/aromatic N) is 6. The van der Waals surface area contributed by atoms with Crippen LogP contribution in [0.5, 0.6) is 0 Å². The highest BCUT2D eigenvalue weighted by molar-refractivity contribution is 5.81. The second-order valence-electron chi connectivity index (χ2n) is 13.7. The summed E-state index contributed by atoms with van der Waals surface area (Å²) in [5.74, 6) is 0.729. The number of amides is 2. The van der Waals surface area contributed by atoms with Crippen LogP contribution >= 0.6 is 0 Å². The van der Waals surface area contributed by atoms with Crippen molar-refractivity contribution in [2.45, 2.75) is 77.3 Å². The summed E-state index contributed by atoms with van der Waals surface area (Å²) in [5, 5.41) is 16.8. The summed E-state index contributed by atoms with van der Waals surface area (Å²) in [6.07, 6.45) is 10.0. The first-order chi connectivity index (χ1) is 24.0. The highest BCUT2D eigenvalue weighted by Gasteiger charge is 2.16. The average Bonchev–Trinajstić information content (AvgIpc) is 3.67. The molecule has 0 saturated heterocycles. The molecule has 6 aromatic rings. The van der Waals surface area contributed by atoms with Crippen LogP contribution in [0.15, 0.2) is 85.5 Å². The van der Waals surface area contributed by atoms with E-state index in [1.54, 1.807) is 23.3 Å². The molecule has 0 bridgehead atoms. The predicted molar refractivity (Wildman–Crippen MR) is 196 cm³/mol. The molecule has 0 radical (unpaired) electrons. The number of hydrogen-bond acceptors (Lipinski definition) is 6. The quantitative estimate of drug-likeness (QED) is 0.140. The highest BCUT2D eigenvalue weighted by atomic mass is 16.2. The summed E-state index contributed by atoms with van der Waals surface area (Å²) in [5.41, 5.74) is 7.97. The van der Waals surface area contributed by atoms with E-state index in [-0.39, 0.29) is 23.9 Å². The number of benzene rings is 2. The molecule has 2 aromatic carbocycles. The Bertz CT molecular complexity index is 2100. The van der Waals surface area contributed by atoms with Gasteiger partial charge in [-0.15, -0.1) is 0 Å². The molecule has 10 heteroatoms. The zero-order valence-electron chi connectivity index (χ0n) is 29.7. The van der Waals surface area contributed by atoms with Gasteiger partial charge in [-0.1, -0.05) is 62.4 Å². The Morgan fingerprint density at radius 2 is 1.20 bits per heavy atom. The molecular formula is C40H46N8O2. The first kappa shape index (κ1) is 34.5. The van der Waals surface area contributed by atoms with Gasteiger partial charge in [0.15, 0.2) is 0 Å². The number of carbonyl (C=O) groups is 2. The maximum atomic E-state index is 12.8. The third-order valence-corrected chi connectivity index (χ3v) is 9.68. The van der Waals surface area contributed by atoms with Crippen LogP contribution < -0.4 is 10.6 Å². The van der Waals surface area contributed by atoms with Crippen molar-refractivity contribution in [2.75, 3.05) is 0 Å². The van der Waals surface area contributed by atoms with Gasteiger partial charge in [-0.05, 0) is 72.9 Å². The van der Waals surface area contributed by atoms with Gasteiger partial charge in [-0.2, -0.15) is 10.2 Å². The molecule has 0 fully saturated rings. The fraction of sp³-hybridized carbons (Fsp3) is 0.350. The molecule has 6 rings (SSSR count). The van der Waals surface area contributed by atoms with Gasteiger partial charge in [-0.25, -0.2) is 0 Å². The van der Waals surface area contributed by atoms with Gasteiger partial charge in [0.2, 0.25) is 11.8 Å². The summed E-state index contributed by atoms with van der Waals surface area (Å²) in [6.45, 7) is 8.42. The van der Waals surface area contributed by atoms with Gasteiger partial charge in [-0.3, -0.25) is 28.9 Å². The summed E-state index contributed by atoms with van der Waals surface area (Å²) < 4.78 is 3.58. The van der Waals surface area contributed by atoms with Gasteiger partial charge >= 0.3 is 0 Å². The topological polar surface area (TPSA) is 120 Å². The number of hydrogen-bond donors (Lipinski definition) is 2. The summed E-state index contributed by atoms with van der Waals surface area (Å²) in [7, 11) is 3.78. The molecule has 0 aliphatic rings. The van der Waals surface area contributed by atoms with Crippen LogP contribution in [-0.2, 0) is 36.5 Å². The molecule has 0 spiro atoms. The van der Waals surface area contributed by atoms with Crippen molar-refractivity contribution in [3.63, 3.8) is 0 Å². The minimum atomic E-state index is -0.203. The molecule has 50 heavy (non-hydrogen) atoms. The van der Waals surface area contributed by atoms with E-state index in [1.807, 2.05) is 51.0 Å². The Balaban J connectivity index is 0.938. The van der Waals surface area contributed by atoms with Crippen molar-refractivity contribution in [3.8, 4) is 0 Å². The summed E-state index contributed by atoms with van der Waals surface area (Å²) in [6, 6.07) is 20.4. The number of rotatable bonds is 13. The third-order valence-electron chi connectivity index (χ3n) is 9.68. The van der Waals surface area contributed by atoms with Crippen LogP contribution in [0.2, 0.25) is 0 Å². The van der Waals surface area contributed by atoms with Crippen molar-refractivity contribution in [1.82, 2.24) is 40.2 Å². The lowest BCUT2D eigenvalue weighted by Crippen LogP contribution is -2.28. The Labute approximate surface area is 293 Å². The van der Waals surface area contributed by atoms with E-state index < -0.39 is 0 Å². The van der Waals surface area contributed by atoms with Gasteiger partial charge < -0.3 is 10.6 Å². The fourth-order valence-corrected chi connectivity index (χ4v) is 6.47. The number of nitrogens with one attached hydrogen (secondary N) is 2. The molecular weight excluding hydrogens is 624 g/mol. The Kier molecular flexibility index (Phi) is 10.4. The molecule has 2 N–H and O–H groups in total. The minimum absolute atomic E-state index is 0.0300. The normalized spacial score (nSPS) is 14.0. The van der Waals surface area contributed by atoms with Crippen LogP contribution in [-0.4, -0.2) is 41.3 Å². The molecule has 4 heterocycles. The number of aromatic nitrogens is 6. The number of carbonyl (C=O) groups excluding carboxylic acids is 2. The van der Waals surface area contributed by atoms with E-state index in [0.717, 1.165) is 57.2 Å². The highest BCUT2D eigenvalue weighted by Crippen LogP contribution is 2.28. The first-order valence-electron chi connectivity index (χ1n) is 17.4. The molecule has 2 unspecified atom stereocenters. The zero-order chi connectivity index (χ0) is 35.4. The fourth-order valence-electron chi connectivity index (χ4n) is 6.47. The lowest BCUT2D eigenvalue weighted by Gasteiger charge is -2.17. The third kappa shape index (κ3) is 8.25. The molecule has 0 saturated carbocycles. The average molecular weight is 671 g/mol. The van der Waals surface area contributed by atoms with E-state index >= 15 is 0 Å². The number of aryl methyl sites for hydroxylation is 2. The van der Waals surface area contributed by atoms with Crippen LogP contribution in [0, 0.1) is 0 Å². The van der Waals surface area contributed by atoms with Gasteiger partial charge in [0.05, 0.1) is 54.2 Å². The lowest BCUT2D eigenvalue weighted by molar-refractivity contribution is -0.122. The Hall–Kier alpha value is -5.38. The molecule has 10 nitrogen and oxygen atoms in total. The van der Waals surface area contributed by atoms with E-state index in [2.05, 4.69) is 93.2 Å². The van der Waals surface area contributed by atoms with Crippen molar-refractivity contribution >= 4 is 33.6 Å². The van der Waals surface area contributed by atoms with Crippen molar-refractivity contribution in [1.29, 1.82) is 0 Å². The minimum Gasteiger partial charge on any atom is -0.348 e. The SMILES string of the molecule is CC(CCC(C)c1ccc(CC(=O)N[C@H](C)c2cc3c(cn2)cnn3C)cc1)c1ccc(CC(=O)N[C@H](C)c2cc3cn(C)nc3cn2)cc1. The smallest absolute Gasteiger partial charge is 0.224 e. The maximum Gasteiger partial charge on any atom is 0.224 e. The zero-order valence-corrected chi connectivity index (χ0v) is 29.7. The lowest BCUT2D eigenvalue weighted by atomic mass is 9.88. The van der Waals surface area contributed by atoms with Crippen LogP contribution in [0.4, 0.5) is 0 Å². The molecule has 258 valence electrons. The van der Waals surface area contributed by atoms with Crippen molar-refractivity contribution in [3.05, 3.63) is 119 Å².